The zero-order valence-corrected chi connectivity index (χ0v) is 19.6. The van der Waals surface area contributed by atoms with E-state index < -0.39 is 0 Å². The molecule has 0 fully saturated rings. The van der Waals surface area contributed by atoms with Crippen LogP contribution >= 0.6 is 11.3 Å². The summed E-state index contributed by atoms with van der Waals surface area (Å²) in [5, 5.41) is 2.16. The first kappa shape index (κ1) is 20.9. The van der Waals surface area contributed by atoms with Gasteiger partial charge < -0.3 is 9.80 Å². The highest BCUT2D eigenvalue weighted by atomic mass is 32.1. The van der Waals surface area contributed by atoms with Gasteiger partial charge in [0.1, 0.15) is 5.82 Å². The van der Waals surface area contributed by atoms with Crippen LogP contribution in [0.3, 0.4) is 0 Å². The molecule has 0 aliphatic carbocycles. The molecule has 1 aliphatic rings. The summed E-state index contributed by atoms with van der Waals surface area (Å²) in [6.07, 6.45) is 3.46. The fraction of sp³-hybridized carbons (Fsp3) is 0.440. The van der Waals surface area contributed by atoms with E-state index in [9.17, 15) is 0 Å². The number of thiophene rings is 1. The van der Waals surface area contributed by atoms with Crippen LogP contribution in [0, 0.1) is 27.7 Å². The van der Waals surface area contributed by atoms with Crippen molar-refractivity contribution in [2.45, 2.75) is 60.4 Å². The molecule has 4 nitrogen and oxygen atoms in total. The zero-order chi connectivity index (χ0) is 21.3. The Balaban J connectivity index is 1.80. The van der Waals surface area contributed by atoms with Crippen LogP contribution in [0.5, 0.6) is 0 Å². The van der Waals surface area contributed by atoms with Gasteiger partial charge in [-0.1, -0.05) is 23.8 Å². The van der Waals surface area contributed by atoms with Crippen LogP contribution in [-0.2, 0) is 13.0 Å². The third-order valence-electron chi connectivity index (χ3n) is 5.97. The molecule has 1 aromatic carbocycles. The molecule has 0 spiro atoms. The largest absolute Gasteiger partial charge is 0.351 e. The summed E-state index contributed by atoms with van der Waals surface area (Å²) in [7, 11) is 0. The van der Waals surface area contributed by atoms with Gasteiger partial charge in [0.25, 0.3) is 0 Å². The van der Waals surface area contributed by atoms with E-state index in [1.807, 2.05) is 11.3 Å². The summed E-state index contributed by atoms with van der Waals surface area (Å²) in [6, 6.07) is 8.87. The van der Waals surface area contributed by atoms with Gasteiger partial charge in [-0.25, -0.2) is 4.98 Å². The number of anilines is 3. The molecular formula is C25H32N4S. The Morgan fingerprint density at radius 2 is 1.83 bits per heavy atom. The van der Waals surface area contributed by atoms with Crippen molar-refractivity contribution in [1.82, 2.24) is 9.97 Å². The van der Waals surface area contributed by atoms with Gasteiger partial charge in [0.05, 0.1) is 6.54 Å². The van der Waals surface area contributed by atoms with Crippen molar-refractivity contribution in [2.75, 3.05) is 22.9 Å². The van der Waals surface area contributed by atoms with E-state index in [-0.39, 0.29) is 0 Å². The normalized spacial score (nSPS) is 13.8. The smallest absolute Gasteiger partial charge is 0.232 e. The molecule has 3 heterocycles. The van der Waals surface area contributed by atoms with Crippen LogP contribution in [-0.4, -0.2) is 23.1 Å². The summed E-state index contributed by atoms with van der Waals surface area (Å²) in [5.74, 6) is 1.95. The van der Waals surface area contributed by atoms with Crippen LogP contribution in [0.2, 0.25) is 0 Å². The van der Waals surface area contributed by atoms with E-state index in [0.717, 1.165) is 43.5 Å². The predicted molar refractivity (Wildman–Crippen MR) is 128 cm³/mol. The average molecular weight is 421 g/mol. The van der Waals surface area contributed by atoms with Gasteiger partial charge in [-0.2, -0.15) is 4.98 Å². The number of benzene rings is 1. The van der Waals surface area contributed by atoms with Gasteiger partial charge in [-0.15, -0.1) is 11.3 Å². The van der Waals surface area contributed by atoms with E-state index in [2.05, 4.69) is 74.1 Å². The summed E-state index contributed by atoms with van der Waals surface area (Å²) in [6.45, 7) is 13.7. The van der Waals surface area contributed by atoms with Crippen LogP contribution in [0.1, 0.15) is 52.6 Å². The molecule has 1 aliphatic heterocycles. The quantitative estimate of drug-likeness (QED) is 0.487. The SMILES string of the molecule is CCN(c1nc(C)c2c(n1)N(Cc1cccs1)CCCC2)c1c(C)cc(C)cc1C. The minimum atomic E-state index is 0.821. The Morgan fingerprint density at radius 1 is 1.07 bits per heavy atom. The topological polar surface area (TPSA) is 32.3 Å². The monoisotopic (exact) mass is 420 g/mol. The maximum absolute atomic E-state index is 5.19. The second kappa shape index (κ2) is 8.76. The third kappa shape index (κ3) is 4.08. The van der Waals surface area contributed by atoms with Gasteiger partial charge in [-0.05, 0) is 76.5 Å². The first-order valence-corrected chi connectivity index (χ1v) is 11.9. The highest BCUT2D eigenvalue weighted by Gasteiger charge is 2.24. The predicted octanol–water partition coefficient (Wildman–Crippen LogP) is 6.27. The number of hydrogen-bond acceptors (Lipinski definition) is 5. The average Bonchev–Trinajstić information content (AvgIpc) is 3.12. The lowest BCUT2D eigenvalue weighted by Gasteiger charge is -2.29. The first-order valence-electron chi connectivity index (χ1n) is 11.0. The Labute approximate surface area is 184 Å². The van der Waals surface area contributed by atoms with Crippen LogP contribution in [0.4, 0.5) is 17.5 Å². The molecule has 0 unspecified atom stereocenters. The maximum atomic E-state index is 5.19. The van der Waals surface area contributed by atoms with Gasteiger partial charge in [0.2, 0.25) is 5.95 Å². The highest BCUT2D eigenvalue weighted by molar-refractivity contribution is 7.09. The van der Waals surface area contributed by atoms with Crippen LogP contribution in [0.15, 0.2) is 29.6 Å². The molecule has 0 radical (unpaired) electrons. The molecule has 30 heavy (non-hydrogen) atoms. The van der Waals surface area contributed by atoms with Crippen molar-refractivity contribution < 1.29 is 0 Å². The molecule has 0 amide bonds. The summed E-state index contributed by atoms with van der Waals surface area (Å²) >= 11 is 1.82. The Hall–Kier alpha value is -2.40. The summed E-state index contributed by atoms with van der Waals surface area (Å²) in [4.78, 5) is 16.3. The molecule has 0 N–H and O–H groups in total. The number of aryl methyl sites for hydroxylation is 4. The summed E-state index contributed by atoms with van der Waals surface area (Å²) in [5.41, 5.74) is 7.53. The highest BCUT2D eigenvalue weighted by Crippen LogP contribution is 2.35. The third-order valence-corrected chi connectivity index (χ3v) is 6.84. The van der Waals surface area contributed by atoms with Gasteiger partial charge in [-0.3, -0.25) is 0 Å². The number of fused-ring (bicyclic) bond motifs is 1. The van der Waals surface area contributed by atoms with E-state index in [1.165, 1.54) is 45.7 Å². The standard InChI is InChI=1S/C25H32N4S/c1-6-29(23-18(3)14-17(2)15-19(23)4)25-26-20(5)22-11-7-8-12-28(24(22)27-25)16-21-10-9-13-30-21/h9-10,13-15H,6-8,11-12,16H2,1-5H3. The van der Waals surface area contributed by atoms with E-state index in [4.69, 9.17) is 9.97 Å². The van der Waals surface area contributed by atoms with Crippen LogP contribution < -0.4 is 9.80 Å². The van der Waals surface area contributed by atoms with Crippen molar-refractivity contribution >= 4 is 28.8 Å². The van der Waals surface area contributed by atoms with Gasteiger partial charge in [0, 0.05) is 34.9 Å². The Bertz CT molecular complexity index is 1000. The maximum Gasteiger partial charge on any atom is 0.232 e. The van der Waals surface area contributed by atoms with Gasteiger partial charge in [0.15, 0.2) is 0 Å². The summed E-state index contributed by atoms with van der Waals surface area (Å²) < 4.78 is 0. The molecule has 0 saturated carbocycles. The molecule has 0 bridgehead atoms. The molecule has 0 atom stereocenters. The Morgan fingerprint density at radius 3 is 2.50 bits per heavy atom. The second-order valence-corrected chi connectivity index (χ2v) is 9.39. The lowest BCUT2D eigenvalue weighted by molar-refractivity contribution is 0.714. The van der Waals surface area contributed by atoms with Crippen molar-refractivity contribution in [3.8, 4) is 0 Å². The molecule has 3 aromatic rings. The Kier molecular flexibility index (Phi) is 6.09. The molecule has 0 saturated heterocycles. The zero-order valence-electron chi connectivity index (χ0n) is 18.8. The lowest BCUT2D eigenvalue weighted by Crippen LogP contribution is -2.27. The van der Waals surface area contributed by atoms with E-state index >= 15 is 0 Å². The molecule has 2 aromatic heterocycles. The van der Waals surface area contributed by atoms with Gasteiger partial charge >= 0.3 is 0 Å². The fourth-order valence-electron chi connectivity index (χ4n) is 4.69. The van der Waals surface area contributed by atoms with Crippen molar-refractivity contribution in [3.63, 3.8) is 0 Å². The number of nitrogens with zero attached hydrogens (tertiary/aromatic N) is 4. The van der Waals surface area contributed by atoms with E-state index in [1.54, 1.807) is 0 Å². The molecule has 5 heteroatoms. The van der Waals surface area contributed by atoms with Crippen LogP contribution in [0.25, 0.3) is 0 Å². The van der Waals surface area contributed by atoms with E-state index in [0.29, 0.717) is 0 Å². The van der Waals surface area contributed by atoms with Crippen molar-refractivity contribution in [1.29, 1.82) is 0 Å². The second-order valence-electron chi connectivity index (χ2n) is 8.36. The molecular weight excluding hydrogens is 388 g/mol. The molecule has 4 rings (SSSR count). The number of aromatic nitrogens is 2. The number of rotatable bonds is 5. The van der Waals surface area contributed by atoms with Crippen molar-refractivity contribution in [3.05, 3.63) is 62.5 Å². The minimum absolute atomic E-state index is 0.821. The number of hydrogen-bond donors (Lipinski definition) is 0. The fourth-order valence-corrected chi connectivity index (χ4v) is 5.41. The van der Waals surface area contributed by atoms with Crippen molar-refractivity contribution in [2.24, 2.45) is 0 Å². The first-order chi connectivity index (χ1) is 14.5. The lowest BCUT2D eigenvalue weighted by atomic mass is 10.0. The minimum Gasteiger partial charge on any atom is -0.351 e. The molecule has 158 valence electrons.